The van der Waals surface area contributed by atoms with Crippen LogP contribution in [0.25, 0.3) is 11.1 Å². The zero-order chi connectivity index (χ0) is 12.4. The topological polar surface area (TPSA) is 43.1 Å². The molecule has 0 aliphatic rings. The van der Waals surface area contributed by atoms with Crippen LogP contribution in [-0.4, -0.2) is 4.92 Å². The summed E-state index contributed by atoms with van der Waals surface area (Å²) in [6, 6.07) is 10.9. The van der Waals surface area contributed by atoms with Crippen LogP contribution in [0, 0.1) is 22.9 Å². The van der Waals surface area contributed by atoms with E-state index in [4.69, 9.17) is 0 Å². The third-order valence-corrected chi connectivity index (χ3v) is 2.55. The van der Waals surface area contributed by atoms with Crippen molar-refractivity contribution in [1.82, 2.24) is 0 Å². The SMILES string of the molecule is Cc1cc(-c2cccc([N+](=O)[O-])c2)ccc1F. The van der Waals surface area contributed by atoms with E-state index in [1.54, 1.807) is 31.2 Å². The van der Waals surface area contributed by atoms with Crippen LogP contribution in [0.5, 0.6) is 0 Å². The number of rotatable bonds is 2. The molecule has 0 saturated heterocycles. The minimum Gasteiger partial charge on any atom is -0.258 e. The van der Waals surface area contributed by atoms with E-state index >= 15 is 0 Å². The molecule has 2 rings (SSSR count). The van der Waals surface area contributed by atoms with Crippen molar-refractivity contribution in [1.29, 1.82) is 0 Å². The van der Waals surface area contributed by atoms with Gasteiger partial charge in [-0.3, -0.25) is 10.1 Å². The van der Waals surface area contributed by atoms with Gasteiger partial charge < -0.3 is 0 Å². The van der Waals surface area contributed by atoms with Crippen molar-refractivity contribution in [2.45, 2.75) is 6.92 Å². The molecule has 0 bridgehead atoms. The summed E-state index contributed by atoms with van der Waals surface area (Å²) in [7, 11) is 0. The lowest BCUT2D eigenvalue weighted by Crippen LogP contribution is -1.89. The van der Waals surface area contributed by atoms with Gasteiger partial charge in [-0.25, -0.2) is 4.39 Å². The van der Waals surface area contributed by atoms with E-state index in [0.29, 0.717) is 11.1 Å². The molecule has 3 nitrogen and oxygen atoms in total. The number of benzene rings is 2. The van der Waals surface area contributed by atoms with Crippen LogP contribution in [-0.2, 0) is 0 Å². The minimum atomic E-state index is -0.445. The van der Waals surface area contributed by atoms with Crippen molar-refractivity contribution < 1.29 is 9.31 Å². The Bertz CT molecular complexity index is 581. The van der Waals surface area contributed by atoms with Crippen LogP contribution in [0.3, 0.4) is 0 Å². The Morgan fingerprint density at radius 2 is 1.82 bits per heavy atom. The smallest absolute Gasteiger partial charge is 0.258 e. The molecule has 0 spiro atoms. The number of nitrogens with zero attached hydrogens (tertiary/aromatic N) is 1. The molecule has 0 aliphatic carbocycles. The van der Waals surface area contributed by atoms with Crippen molar-refractivity contribution in [3.05, 3.63) is 64.0 Å². The lowest BCUT2D eigenvalue weighted by atomic mass is 10.0. The number of nitro benzene ring substituents is 1. The van der Waals surface area contributed by atoms with Gasteiger partial charge in [0.05, 0.1) is 4.92 Å². The van der Waals surface area contributed by atoms with E-state index in [-0.39, 0.29) is 11.5 Å². The number of hydrogen-bond donors (Lipinski definition) is 0. The van der Waals surface area contributed by atoms with Gasteiger partial charge in [0.2, 0.25) is 0 Å². The van der Waals surface area contributed by atoms with Gasteiger partial charge in [-0.2, -0.15) is 0 Å². The molecule has 0 aromatic heterocycles. The van der Waals surface area contributed by atoms with E-state index in [0.717, 1.165) is 5.56 Å². The Labute approximate surface area is 97.7 Å². The van der Waals surface area contributed by atoms with Crippen molar-refractivity contribution in [3.63, 3.8) is 0 Å². The third-order valence-electron chi connectivity index (χ3n) is 2.55. The number of hydrogen-bond acceptors (Lipinski definition) is 2. The van der Waals surface area contributed by atoms with Crippen LogP contribution >= 0.6 is 0 Å². The van der Waals surface area contributed by atoms with E-state index in [1.165, 1.54) is 18.2 Å². The van der Waals surface area contributed by atoms with E-state index in [9.17, 15) is 14.5 Å². The van der Waals surface area contributed by atoms with Crippen LogP contribution in [0.15, 0.2) is 42.5 Å². The summed E-state index contributed by atoms with van der Waals surface area (Å²) in [5, 5.41) is 10.7. The summed E-state index contributed by atoms with van der Waals surface area (Å²) < 4.78 is 13.1. The van der Waals surface area contributed by atoms with Crippen LogP contribution < -0.4 is 0 Å². The number of halogens is 1. The van der Waals surface area contributed by atoms with Crippen molar-refractivity contribution >= 4 is 5.69 Å². The molecule has 2 aromatic rings. The fourth-order valence-electron chi connectivity index (χ4n) is 1.62. The molecule has 4 heteroatoms. The second-order valence-electron chi connectivity index (χ2n) is 3.77. The predicted molar refractivity (Wildman–Crippen MR) is 63.2 cm³/mol. The van der Waals surface area contributed by atoms with E-state index in [2.05, 4.69) is 0 Å². The number of nitro groups is 1. The van der Waals surface area contributed by atoms with Gasteiger partial charge in [-0.1, -0.05) is 18.2 Å². The first-order valence-electron chi connectivity index (χ1n) is 5.09. The van der Waals surface area contributed by atoms with Crippen molar-refractivity contribution in [2.75, 3.05) is 0 Å². The third kappa shape index (κ3) is 2.30. The average molecular weight is 231 g/mol. The van der Waals surface area contributed by atoms with Crippen molar-refractivity contribution in [3.8, 4) is 11.1 Å². The van der Waals surface area contributed by atoms with Gasteiger partial charge in [0.1, 0.15) is 5.82 Å². The Balaban J connectivity index is 2.49. The maximum Gasteiger partial charge on any atom is 0.270 e. The fraction of sp³-hybridized carbons (Fsp3) is 0.0769. The largest absolute Gasteiger partial charge is 0.270 e. The highest BCUT2D eigenvalue weighted by Crippen LogP contribution is 2.25. The highest BCUT2D eigenvalue weighted by molar-refractivity contribution is 5.66. The van der Waals surface area contributed by atoms with Gasteiger partial charge in [0.25, 0.3) is 5.69 Å². The lowest BCUT2D eigenvalue weighted by Gasteiger charge is -2.03. The van der Waals surface area contributed by atoms with Crippen molar-refractivity contribution in [2.24, 2.45) is 0 Å². The molecule has 2 aromatic carbocycles. The monoisotopic (exact) mass is 231 g/mol. The standard InChI is InChI=1S/C13H10FNO2/c1-9-7-11(5-6-13(9)14)10-3-2-4-12(8-10)15(16)17/h2-8H,1H3. The fourth-order valence-corrected chi connectivity index (χ4v) is 1.62. The lowest BCUT2D eigenvalue weighted by molar-refractivity contribution is -0.384. The van der Waals surface area contributed by atoms with Gasteiger partial charge >= 0.3 is 0 Å². The summed E-state index contributed by atoms with van der Waals surface area (Å²) >= 11 is 0. The number of aryl methyl sites for hydroxylation is 1. The van der Waals surface area contributed by atoms with E-state index in [1.807, 2.05) is 0 Å². The van der Waals surface area contributed by atoms with Crippen LogP contribution in [0.4, 0.5) is 10.1 Å². The molecule has 0 radical (unpaired) electrons. The van der Waals surface area contributed by atoms with Gasteiger partial charge in [-0.05, 0) is 35.7 Å². The molecular weight excluding hydrogens is 221 g/mol. The molecule has 86 valence electrons. The molecule has 0 amide bonds. The number of non-ortho nitro benzene ring substituents is 1. The summed E-state index contributed by atoms with van der Waals surface area (Å²) in [5.74, 6) is -0.279. The maximum absolute atomic E-state index is 13.1. The van der Waals surface area contributed by atoms with Gasteiger partial charge in [0.15, 0.2) is 0 Å². The van der Waals surface area contributed by atoms with Gasteiger partial charge in [0, 0.05) is 12.1 Å². The molecule has 17 heavy (non-hydrogen) atoms. The first-order chi connectivity index (χ1) is 8.08. The molecule has 0 heterocycles. The normalized spacial score (nSPS) is 10.2. The Morgan fingerprint density at radius 3 is 2.47 bits per heavy atom. The minimum absolute atomic E-state index is 0.0319. The average Bonchev–Trinajstić information content (AvgIpc) is 2.33. The van der Waals surface area contributed by atoms with E-state index < -0.39 is 4.92 Å². The highest BCUT2D eigenvalue weighted by Gasteiger charge is 2.07. The zero-order valence-corrected chi connectivity index (χ0v) is 9.18. The molecule has 0 atom stereocenters. The molecule has 0 aliphatic heterocycles. The molecular formula is C13H10FNO2. The first kappa shape index (κ1) is 11.3. The summed E-state index contributed by atoms with van der Waals surface area (Å²) in [6.07, 6.45) is 0. The summed E-state index contributed by atoms with van der Waals surface area (Å²) in [6.45, 7) is 1.66. The first-order valence-corrected chi connectivity index (χ1v) is 5.09. The molecule has 0 saturated carbocycles. The second kappa shape index (κ2) is 4.33. The molecule has 0 fully saturated rings. The Hall–Kier alpha value is -2.23. The Kier molecular flexibility index (Phi) is 2.87. The summed E-state index contributed by atoms with van der Waals surface area (Å²) in [4.78, 5) is 10.2. The van der Waals surface area contributed by atoms with Gasteiger partial charge in [-0.15, -0.1) is 0 Å². The summed E-state index contributed by atoms with van der Waals surface area (Å²) in [5.41, 5.74) is 2.04. The second-order valence-corrected chi connectivity index (χ2v) is 3.77. The highest BCUT2D eigenvalue weighted by atomic mass is 19.1. The predicted octanol–water partition coefficient (Wildman–Crippen LogP) is 3.71. The Morgan fingerprint density at radius 1 is 1.12 bits per heavy atom. The zero-order valence-electron chi connectivity index (χ0n) is 9.18. The van der Waals surface area contributed by atoms with Crippen LogP contribution in [0.1, 0.15) is 5.56 Å². The molecule has 0 N–H and O–H groups in total. The quantitative estimate of drug-likeness (QED) is 0.584. The van der Waals surface area contributed by atoms with Crippen LogP contribution in [0.2, 0.25) is 0 Å². The maximum atomic E-state index is 13.1. The molecule has 0 unspecified atom stereocenters.